The minimum Gasteiger partial charge on any atom is -0.495 e. The number of aryl methyl sites for hydroxylation is 1. The fourth-order valence-corrected chi connectivity index (χ4v) is 5.44. The molecule has 2 fully saturated rings. The quantitative estimate of drug-likeness (QED) is 0.566. The van der Waals surface area contributed by atoms with Gasteiger partial charge in [0.15, 0.2) is 11.9 Å². The lowest BCUT2D eigenvalue weighted by molar-refractivity contribution is -0.0538. The number of nitrogens with zero attached hydrogens (tertiary/aromatic N) is 4. The maximum absolute atomic E-state index is 13.7. The van der Waals surface area contributed by atoms with Crippen LogP contribution in [0.25, 0.3) is 11.8 Å². The van der Waals surface area contributed by atoms with E-state index in [4.69, 9.17) is 9.57 Å². The Morgan fingerprint density at radius 1 is 1.22 bits per heavy atom. The highest BCUT2D eigenvalue weighted by Crippen LogP contribution is 2.56. The molecule has 1 saturated heterocycles. The number of aliphatic hydroxyl groups excluding tert-OH is 1. The Balaban J connectivity index is 1.38. The number of ether oxygens (including phenoxy) is 1. The van der Waals surface area contributed by atoms with Crippen LogP contribution >= 0.6 is 0 Å². The smallest absolute Gasteiger partial charge is 0.174 e. The number of aromatic nitrogens is 2. The van der Waals surface area contributed by atoms with Gasteiger partial charge in [0.1, 0.15) is 11.6 Å². The molecule has 2 aromatic carbocycles. The molecular weight excluding hydrogens is 459 g/mol. The molecule has 1 spiro atoms. The van der Waals surface area contributed by atoms with Crippen molar-refractivity contribution < 1.29 is 19.1 Å². The molecule has 0 radical (unpaired) electrons. The predicted octanol–water partition coefficient (Wildman–Crippen LogP) is 4.64. The number of fused-ring (bicyclic) bond motifs is 1. The fourth-order valence-electron chi connectivity index (χ4n) is 5.44. The van der Waals surface area contributed by atoms with Crippen LogP contribution in [-0.4, -0.2) is 51.8 Å². The van der Waals surface area contributed by atoms with Gasteiger partial charge in [0, 0.05) is 12.7 Å². The Morgan fingerprint density at radius 3 is 2.69 bits per heavy atom. The highest BCUT2D eigenvalue weighted by molar-refractivity contribution is 6.03. The largest absolute Gasteiger partial charge is 0.495 e. The van der Waals surface area contributed by atoms with Crippen LogP contribution in [0.2, 0.25) is 0 Å². The van der Waals surface area contributed by atoms with Crippen molar-refractivity contribution in [2.45, 2.75) is 38.3 Å². The van der Waals surface area contributed by atoms with Crippen LogP contribution < -0.4 is 4.74 Å². The van der Waals surface area contributed by atoms with E-state index in [9.17, 15) is 9.50 Å². The van der Waals surface area contributed by atoms with Crippen LogP contribution in [0.4, 0.5) is 4.39 Å². The molecule has 8 heteroatoms. The fraction of sp³-hybridized carbons (Fsp3) is 0.357. The summed E-state index contributed by atoms with van der Waals surface area (Å²) in [6.45, 7) is 2.62. The second kappa shape index (κ2) is 8.78. The molecule has 0 bridgehead atoms. The molecule has 6 rings (SSSR count). The average molecular weight is 489 g/mol. The van der Waals surface area contributed by atoms with Gasteiger partial charge < -0.3 is 24.1 Å². The lowest BCUT2D eigenvalue weighted by atomic mass is 9.85. The van der Waals surface area contributed by atoms with Crippen LogP contribution in [0.5, 0.6) is 5.75 Å². The first-order chi connectivity index (χ1) is 17.5. The van der Waals surface area contributed by atoms with Gasteiger partial charge in [0.2, 0.25) is 0 Å². The Morgan fingerprint density at radius 2 is 2.03 bits per heavy atom. The SMILES string of the molecule is COc1cc(/C=C2\CC3(CC3)CN3C2=NOC(CO)C3c2ccc(F)cc2)ccc1-n1cnc(C)c1. The van der Waals surface area contributed by atoms with Crippen LogP contribution in [-0.2, 0) is 4.84 Å². The van der Waals surface area contributed by atoms with Crippen molar-refractivity contribution in [3.05, 3.63) is 83.2 Å². The van der Waals surface area contributed by atoms with Crippen molar-refractivity contribution >= 4 is 11.9 Å². The summed E-state index contributed by atoms with van der Waals surface area (Å²) in [6, 6.07) is 12.3. The number of oxime groups is 1. The van der Waals surface area contributed by atoms with Crippen molar-refractivity contribution in [1.29, 1.82) is 0 Å². The van der Waals surface area contributed by atoms with E-state index in [0.29, 0.717) is 0 Å². The number of methoxy groups -OCH3 is 1. The maximum atomic E-state index is 13.7. The molecule has 1 aromatic heterocycles. The first-order valence-electron chi connectivity index (χ1n) is 12.3. The molecule has 2 aliphatic heterocycles. The average Bonchev–Trinajstić information content (AvgIpc) is 3.49. The lowest BCUT2D eigenvalue weighted by Gasteiger charge is -2.46. The predicted molar refractivity (Wildman–Crippen MR) is 134 cm³/mol. The second-order valence-corrected chi connectivity index (χ2v) is 10.1. The van der Waals surface area contributed by atoms with E-state index in [-0.39, 0.29) is 23.9 Å². The molecule has 1 N–H and O–H groups in total. The summed E-state index contributed by atoms with van der Waals surface area (Å²) in [6.07, 6.45) is 8.59. The third-order valence-corrected chi connectivity index (χ3v) is 7.48. The van der Waals surface area contributed by atoms with Crippen LogP contribution in [0.1, 0.15) is 42.1 Å². The molecule has 2 atom stereocenters. The normalized spacial score (nSPS) is 23.3. The zero-order valence-electron chi connectivity index (χ0n) is 20.4. The summed E-state index contributed by atoms with van der Waals surface area (Å²) in [4.78, 5) is 12.4. The van der Waals surface area contributed by atoms with Crippen molar-refractivity contribution in [1.82, 2.24) is 14.5 Å². The summed E-state index contributed by atoms with van der Waals surface area (Å²) in [5.74, 6) is 1.24. The van der Waals surface area contributed by atoms with Crippen LogP contribution in [0.15, 0.2) is 65.7 Å². The van der Waals surface area contributed by atoms with E-state index < -0.39 is 6.10 Å². The Bertz CT molecular complexity index is 1340. The number of halogens is 1. The molecule has 186 valence electrons. The molecule has 3 aliphatic rings. The summed E-state index contributed by atoms with van der Waals surface area (Å²) in [5, 5.41) is 14.5. The molecule has 0 amide bonds. The highest BCUT2D eigenvalue weighted by atomic mass is 19.1. The van der Waals surface area contributed by atoms with E-state index in [1.54, 1.807) is 25.6 Å². The van der Waals surface area contributed by atoms with Gasteiger partial charge in [-0.25, -0.2) is 9.37 Å². The standard InChI is InChI=1S/C28H29FN4O3/c1-18-14-32(17-30-18)23-8-3-19(12-24(23)35-2)11-21-13-28(9-10-28)16-33-26(20-4-6-22(29)7-5-20)25(15-34)36-31-27(21)33/h3-8,11-12,14,17,25-26,34H,9-10,13,15-16H2,1-2H3/b21-11+. The molecule has 1 saturated carbocycles. The molecular formula is C28H29FN4O3. The summed E-state index contributed by atoms with van der Waals surface area (Å²) >= 11 is 0. The van der Waals surface area contributed by atoms with E-state index in [2.05, 4.69) is 27.2 Å². The number of piperidine rings is 1. The molecule has 3 heterocycles. The van der Waals surface area contributed by atoms with Crippen LogP contribution in [0, 0.1) is 18.2 Å². The number of aliphatic hydroxyl groups is 1. The summed E-state index contributed by atoms with van der Waals surface area (Å²) < 4.78 is 21.3. The number of amidine groups is 1. The molecule has 2 unspecified atom stereocenters. The highest BCUT2D eigenvalue weighted by Gasteiger charge is 2.52. The molecule has 3 aromatic rings. The minimum atomic E-state index is -0.521. The van der Waals surface area contributed by atoms with Gasteiger partial charge in [-0.3, -0.25) is 0 Å². The van der Waals surface area contributed by atoms with Gasteiger partial charge >= 0.3 is 0 Å². The van der Waals surface area contributed by atoms with E-state index in [0.717, 1.165) is 65.5 Å². The van der Waals surface area contributed by atoms with Gasteiger partial charge in [-0.05, 0) is 78.6 Å². The minimum absolute atomic E-state index is 0.173. The topological polar surface area (TPSA) is 72.1 Å². The van der Waals surface area contributed by atoms with Gasteiger partial charge in [0.05, 0.1) is 37.5 Å². The zero-order chi connectivity index (χ0) is 24.9. The number of hydrogen-bond donors (Lipinski definition) is 1. The van der Waals surface area contributed by atoms with Gasteiger partial charge in [-0.15, -0.1) is 0 Å². The van der Waals surface area contributed by atoms with Gasteiger partial charge in [-0.1, -0.05) is 23.4 Å². The van der Waals surface area contributed by atoms with E-state index in [1.807, 2.05) is 29.8 Å². The van der Waals surface area contributed by atoms with E-state index in [1.165, 1.54) is 12.1 Å². The monoisotopic (exact) mass is 488 g/mol. The van der Waals surface area contributed by atoms with Gasteiger partial charge in [-0.2, -0.15) is 0 Å². The maximum Gasteiger partial charge on any atom is 0.174 e. The van der Waals surface area contributed by atoms with Crippen LogP contribution in [0.3, 0.4) is 0 Å². The molecule has 1 aliphatic carbocycles. The number of rotatable bonds is 5. The van der Waals surface area contributed by atoms with Gasteiger partial charge in [0.25, 0.3) is 0 Å². The third-order valence-electron chi connectivity index (χ3n) is 7.48. The van der Waals surface area contributed by atoms with E-state index >= 15 is 0 Å². The number of benzene rings is 2. The first-order valence-corrected chi connectivity index (χ1v) is 12.3. The Hall–Kier alpha value is -3.65. The summed E-state index contributed by atoms with van der Waals surface area (Å²) in [7, 11) is 1.67. The van der Waals surface area contributed by atoms with Crippen molar-refractivity contribution in [2.24, 2.45) is 10.6 Å². The van der Waals surface area contributed by atoms with Crippen molar-refractivity contribution in [3.63, 3.8) is 0 Å². The number of imidazole rings is 1. The molecule has 7 nitrogen and oxygen atoms in total. The zero-order valence-corrected chi connectivity index (χ0v) is 20.4. The lowest BCUT2D eigenvalue weighted by Crippen LogP contribution is -2.52. The molecule has 36 heavy (non-hydrogen) atoms. The first kappa shape index (κ1) is 22.8. The third kappa shape index (κ3) is 4.05. The Labute approximate surface area is 209 Å². The number of hydrogen-bond acceptors (Lipinski definition) is 6. The van der Waals surface area contributed by atoms with Crippen molar-refractivity contribution in [3.8, 4) is 11.4 Å². The van der Waals surface area contributed by atoms with Crippen molar-refractivity contribution in [2.75, 3.05) is 20.3 Å². The summed E-state index contributed by atoms with van der Waals surface area (Å²) in [5.41, 5.74) is 5.05. The second-order valence-electron chi connectivity index (χ2n) is 10.1. The Kier molecular flexibility index (Phi) is 5.56.